The van der Waals surface area contributed by atoms with Crippen molar-refractivity contribution >= 4 is 11.8 Å². The SMILES string of the molecule is CCN1CCN(C(=O)CN(Cc2ccccc2)C(=O)c2cc(-c3cc(OC)ccc3OC)on2)CC1. The maximum absolute atomic E-state index is 13.6. The van der Waals surface area contributed by atoms with E-state index in [1.54, 1.807) is 38.5 Å². The molecule has 1 aromatic heterocycles. The summed E-state index contributed by atoms with van der Waals surface area (Å²) in [6.45, 7) is 6.31. The van der Waals surface area contributed by atoms with E-state index in [1.165, 1.54) is 4.90 Å². The van der Waals surface area contributed by atoms with E-state index < -0.39 is 0 Å². The van der Waals surface area contributed by atoms with Crippen LogP contribution in [0.4, 0.5) is 0 Å². The molecule has 36 heavy (non-hydrogen) atoms. The summed E-state index contributed by atoms with van der Waals surface area (Å²) in [5.41, 5.74) is 1.66. The predicted octanol–water partition coefficient (Wildman–Crippen LogP) is 3.17. The average molecular weight is 493 g/mol. The van der Waals surface area contributed by atoms with Crippen molar-refractivity contribution in [3.05, 3.63) is 65.9 Å². The highest BCUT2D eigenvalue weighted by molar-refractivity contribution is 5.95. The number of likely N-dealkylation sites (N-methyl/N-ethyl adjacent to an activating group) is 1. The van der Waals surface area contributed by atoms with E-state index in [2.05, 4.69) is 17.0 Å². The monoisotopic (exact) mass is 492 g/mol. The van der Waals surface area contributed by atoms with E-state index in [0.29, 0.717) is 35.9 Å². The van der Waals surface area contributed by atoms with Crippen LogP contribution in [0.1, 0.15) is 23.0 Å². The summed E-state index contributed by atoms with van der Waals surface area (Å²) in [5, 5.41) is 4.03. The fourth-order valence-electron chi connectivity index (χ4n) is 4.25. The van der Waals surface area contributed by atoms with Crippen LogP contribution in [0.25, 0.3) is 11.3 Å². The van der Waals surface area contributed by atoms with E-state index in [-0.39, 0.29) is 30.6 Å². The van der Waals surface area contributed by atoms with Crippen molar-refractivity contribution in [1.29, 1.82) is 0 Å². The van der Waals surface area contributed by atoms with Crippen molar-refractivity contribution < 1.29 is 23.6 Å². The van der Waals surface area contributed by atoms with Crippen LogP contribution < -0.4 is 9.47 Å². The maximum atomic E-state index is 13.6. The van der Waals surface area contributed by atoms with Crippen LogP contribution >= 0.6 is 0 Å². The first-order chi connectivity index (χ1) is 17.5. The summed E-state index contributed by atoms with van der Waals surface area (Å²) in [7, 11) is 3.13. The topological polar surface area (TPSA) is 88.4 Å². The van der Waals surface area contributed by atoms with Gasteiger partial charge in [-0.2, -0.15) is 0 Å². The predicted molar refractivity (Wildman–Crippen MR) is 135 cm³/mol. The Morgan fingerprint density at radius 3 is 2.42 bits per heavy atom. The molecule has 1 saturated heterocycles. The van der Waals surface area contributed by atoms with E-state index in [4.69, 9.17) is 14.0 Å². The molecule has 0 spiro atoms. The van der Waals surface area contributed by atoms with E-state index >= 15 is 0 Å². The molecule has 9 nitrogen and oxygen atoms in total. The smallest absolute Gasteiger partial charge is 0.276 e. The largest absolute Gasteiger partial charge is 0.497 e. The first-order valence-electron chi connectivity index (χ1n) is 12.0. The molecule has 0 aliphatic carbocycles. The standard InChI is InChI=1S/C27H32N4O5/c1-4-29-12-14-30(15-13-29)26(32)19-31(18-20-8-6-5-7-9-20)27(33)23-17-25(36-28-23)22-16-21(34-2)10-11-24(22)35-3/h5-11,16-17H,4,12-15,18-19H2,1-3H3. The van der Waals surface area contributed by atoms with Gasteiger partial charge in [-0.15, -0.1) is 0 Å². The second kappa shape index (κ2) is 11.7. The van der Waals surface area contributed by atoms with Crippen molar-refractivity contribution in [2.24, 2.45) is 0 Å². The summed E-state index contributed by atoms with van der Waals surface area (Å²) < 4.78 is 16.3. The molecule has 2 aromatic carbocycles. The van der Waals surface area contributed by atoms with Gasteiger partial charge in [-0.1, -0.05) is 42.4 Å². The first kappa shape index (κ1) is 25.2. The van der Waals surface area contributed by atoms with Gasteiger partial charge in [-0.25, -0.2) is 0 Å². The minimum Gasteiger partial charge on any atom is -0.497 e. The number of piperazine rings is 1. The second-order valence-corrected chi connectivity index (χ2v) is 8.60. The van der Waals surface area contributed by atoms with Gasteiger partial charge in [0.25, 0.3) is 5.91 Å². The molecule has 0 unspecified atom stereocenters. The third-order valence-electron chi connectivity index (χ3n) is 6.40. The lowest BCUT2D eigenvalue weighted by Crippen LogP contribution is -2.51. The zero-order valence-electron chi connectivity index (χ0n) is 21.0. The Kier molecular flexibility index (Phi) is 8.22. The van der Waals surface area contributed by atoms with Gasteiger partial charge in [0.15, 0.2) is 11.5 Å². The van der Waals surface area contributed by atoms with Crippen LogP contribution in [0.5, 0.6) is 11.5 Å². The minimum atomic E-state index is -0.378. The molecule has 2 amide bonds. The lowest BCUT2D eigenvalue weighted by atomic mass is 10.1. The Balaban J connectivity index is 1.56. The number of benzene rings is 2. The summed E-state index contributed by atoms with van der Waals surface area (Å²) in [4.78, 5) is 32.4. The molecule has 1 aliphatic rings. The van der Waals surface area contributed by atoms with Gasteiger partial charge in [0.1, 0.15) is 18.0 Å². The molecule has 3 aromatic rings. The highest BCUT2D eigenvalue weighted by Crippen LogP contribution is 2.34. The molecule has 0 radical (unpaired) electrons. The van der Waals surface area contributed by atoms with Gasteiger partial charge in [-0.05, 0) is 30.3 Å². The second-order valence-electron chi connectivity index (χ2n) is 8.60. The number of nitrogens with zero attached hydrogens (tertiary/aromatic N) is 4. The highest BCUT2D eigenvalue weighted by Gasteiger charge is 2.27. The van der Waals surface area contributed by atoms with Crippen LogP contribution in [0.2, 0.25) is 0 Å². The maximum Gasteiger partial charge on any atom is 0.276 e. The molecule has 4 rings (SSSR count). The lowest BCUT2D eigenvalue weighted by Gasteiger charge is -2.35. The van der Waals surface area contributed by atoms with Crippen LogP contribution in [0.15, 0.2) is 59.1 Å². The van der Waals surface area contributed by atoms with Gasteiger partial charge in [0.05, 0.1) is 19.8 Å². The summed E-state index contributed by atoms with van der Waals surface area (Å²) in [6, 6.07) is 16.5. The normalized spacial score (nSPS) is 13.9. The zero-order valence-corrected chi connectivity index (χ0v) is 21.0. The Hall–Kier alpha value is -3.85. The highest BCUT2D eigenvalue weighted by atomic mass is 16.5. The molecule has 190 valence electrons. The Morgan fingerprint density at radius 1 is 1.00 bits per heavy atom. The molecule has 0 bridgehead atoms. The van der Waals surface area contributed by atoms with Crippen molar-refractivity contribution in [1.82, 2.24) is 19.9 Å². The number of hydrogen-bond acceptors (Lipinski definition) is 7. The number of ether oxygens (including phenoxy) is 2. The fourth-order valence-corrected chi connectivity index (χ4v) is 4.25. The molecule has 0 N–H and O–H groups in total. The van der Waals surface area contributed by atoms with Crippen LogP contribution in [-0.2, 0) is 11.3 Å². The number of hydrogen-bond donors (Lipinski definition) is 0. The van der Waals surface area contributed by atoms with Crippen molar-refractivity contribution in [2.45, 2.75) is 13.5 Å². The number of carbonyl (C=O) groups is 2. The minimum absolute atomic E-state index is 0.0372. The average Bonchev–Trinajstić information content (AvgIpc) is 3.42. The molecular weight excluding hydrogens is 460 g/mol. The number of rotatable bonds is 9. The summed E-state index contributed by atoms with van der Waals surface area (Å²) >= 11 is 0. The number of amides is 2. The number of aromatic nitrogens is 1. The van der Waals surface area contributed by atoms with Crippen LogP contribution in [0.3, 0.4) is 0 Å². The third kappa shape index (κ3) is 5.85. The van der Waals surface area contributed by atoms with E-state index in [1.807, 2.05) is 35.2 Å². The number of carbonyl (C=O) groups excluding carboxylic acids is 2. The van der Waals surface area contributed by atoms with Gasteiger partial charge < -0.3 is 28.7 Å². The van der Waals surface area contributed by atoms with Gasteiger partial charge in [0, 0.05) is 38.8 Å². The van der Waals surface area contributed by atoms with Gasteiger partial charge >= 0.3 is 0 Å². The van der Waals surface area contributed by atoms with Gasteiger partial charge in [0.2, 0.25) is 5.91 Å². The Morgan fingerprint density at radius 2 is 1.75 bits per heavy atom. The Bertz CT molecular complexity index is 1170. The molecular formula is C27H32N4O5. The first-order valence-corrected chi connectivity index (χ1v) is 12.0. The zero-order chi connectivity index (χ0) is 25.5. The van der Waals surface area contributed by atoms with E-state index in [0.717, 1.165) is 25.2 Å². The quantitative estimate of drug-likeness (QED) is 0.453. The van der Waals surface area contributed by atoms with Crippen molar-refractivity contribution in [3.8, 4) is 22.8 Å². The fraction of sp³-hybridized carbons (Fsp3) is 0.370. The summed E-state index contributed by atoms with van der Waals surface area (Å²) in [5.74, 6) is 1.10. The van der Waals surface area contributed by atoms with Crippen molar-refractivity contribution in [3.63, 3.8) is 0 Å². The van der Waals surface area contributed by atoms with Crippen LogP contribution in [-0.4, -0.2) is 85.2 Å². The molecule has 0 atom stereocenters. The van der Waals surface area contributed by atoms with Gasteiger partial charge in [-0.3, -0.25) is 9.59 Å². The van der Waals surface area contributed by atoms with E-state index in [9.17, 15) is 9.59 Å². The Labute approximate surface area is 211 Å². The van der Waals surface area contributed by atoms with Crippen LogP contribution in [0, 0.1) is 0 Å². The lowest BCUT2D eigenvalue weighted by molar-refractivity contribution is -0.133. The number of methoxy groups -OCH3 is 2. The third-order valence-corrected chi connectivity index (χ3v) is 6.40. The molecule has 2 heterocycles. The molecule has 1 fully saturated rings. The molecule has 0 saturated carbocycles. The summed E-state index contributed by atoms with van der Waals surface area (Å²) in [6.07, 6.45) is 0. The molecule has 9 heteroatoms. The van der Waals surface area contributed by atoms with Crippen molar-refractivity contribution in [2.75, 3.05) is 53.5 Å². The molecule has 1 aliphatic heterocycles.